The fraction of sp³-hybridized carbons (Fsp3) is 0.370. The molecule has 0 aromatic heterocycles. The number of hydrogen-bond acceptors (Lipinski definition) is 4. The molecular formula is C27H29N3O3. The SMILES string of the molecule is COc1ccccc1NC(=O)C1CC=CCC1C(=O)N1CCC(C#N)(c2ccccc2)CC1. The summed E-state index contributed by atoms with van der Waals surface area (Å²) in [6.45, 7) is 1.03. The van der Waals surface area contributed by atoms with Gasteiger partial charge in [0.15, 0.2) is 0 Å². The smallest absolute Gasteiger partial charge is 0.228 e. The molecule has 2 atom stereocenters. The minimum absolute atomic E-state index is 0.000807. The third-order valence-electron chi connectivity index (χ3n) is 6.92. The molecule has 1 saturated heterocycles. The van der Waals surface area contributed by atoms with Crippen LogP contribution in [0.5, 0.6) is 5.75 Å². The number of nitrogens with zero attached hydrogens (tertiary/aromatic N) is 2. The van der Waals surface area contributed by atoms with Crippen LogP contribution in [0.2, 0.25) is 0 Å². The van der Waals surface area contributed by atoms with Crippen LogP contribution in [0.3, 0.4) is 0 Å². The van der Waals surface area contributed by atoms with Gasteiger partial charge in [-0.05, 0) is 43.4 Å². The number of carbonyl (C=O) groups is 2. The normalized spacial score (nSPS) is 21.6. The first-order valence-corrected chi connectivity index (χ1v) is 11.4. The molecule has 2 aromatic carbocycles. The first-order chi connectivity index (χ1) is 16.1. The van der Waals surface area contributed by atoms with E-state index in [1.165, 1.54) is 0 Å². The minimum Gasteiger partial charge on any atom is -0.495 e. The van der Waals surface area contributed by atoms with Gasteiger partial charge in [-0.3, -0.25) is 9.59 Å². The number of hydrogen-bond donors (Lipinski definition) is 1. The van der Waals surface area contributed by atoms with Crippen LogP contribution in [-0.2, 0) is 15.0 Å². The van der Waals surface area contributed by atoms with Crippen LogP contribution < -0.4 is 10.1 Å². The molecule has 1 aliphatic heterocycles. The van der Waals surface area contributed by atoms with E-state index < -0.39 is 17.3 Å². The van der Waals surface area contributed by atoms with E-state index in [2.05, 4.69) is 11.4 Å². The monoisotopic (exact) mass is 443 g/mol. The topological polar surface area (TPSA) is 82.4 Å². The second-order valence-electron chi connectivity index (χ2n) is 8.73. The summed E-state index contributed by atoms with van der Waals surface area (Å²) >= 11 is 0. The Bertz CT molecular complexity index is 1070. The Morgan fingerprint density at radius 2 is 1.64 bits per heavy atom. The van der Waals surface area contributed by atoms with Crippen molar-refractivity contribution in [2.24, 2.45) is 11.8 Å². The molecule has 0 spiro atoms. The highest BCUT2D eigenvalue weighted by Gasteiger charge is 2.41. The molecule has 0 radical (unpaired) electrons. The summed E-state index contributed by atoms with van der Waals surface area (Å²) in [5.41, 5.74) is 1.05. The fourth-order valence-corrected chi connectivity index (χ4v) is 4.92. The van der Waals surface area contributed by atoms with Crippen molar-refractivity contribution in [2.75, 3.05) is 25.5 Å². The van der Waals surface area contributed by atoms with Crippen molar-refractivity contribution in [1.82, 2.24) is 4.90 Å². The molecule has 0 saturated carbocycles. The predicted octanol–water partition coefficient (Wildman–Crippen LogP) is 4.30. The summed E-state index contributed by atoms with van der Waals surface area (Å²) in [7, 11) is 1.56. The number of rotatable bonds is 5. The summed E-state index contributed by atoms with van der Waals surface area (Å²) in [5.74, 6) is -0.431. The van der Waals surface area contributed by atoms with Crippen LogP contribution in [0.15, 0.2) is 66.7 Å². The lowest BCUT2D eigenvalue weighted by Gasteiger charge is -2.40. The average molecular weight is 444 g/mol. The summed E-state index contributed by atoms with van der Waals surface area (Å²) in [6.07, 6.45) is 6.23. The zero-order valence-electron chi connectivity index (χ0n) is 18.9. The fourth-order valence-electron chi connectivity index (χ4n) is 4.92. The number of benzene rings is 2. The number of carbonyl (C=O) groups excluding carboxylic acids is 2. The van der Waals surface area contributed by atoms with Gasteiger partial charge in [-0.25, -0.2) is 0 Å². The largest absolute Gasteiger partial charge is 0.495 e. The van der Waals surface area contributed by atoms with Crippen molar-refractivity contribution in [2.45, 2.75) is 31.1 Å². The number of likely N-dealkylation sites (tertiary alicyclic amines) is 1. The van der Waals surface area contributed by atoms with Crippen molar-refractivity contribution >= 4 is 17.5 Å². The van der Waals surface area contributed by atoms with Gasteiger partial charge < -0.3 is 15.0 Å². The maximum atomic E-state index is 13.5. The second kappa shape index (κ2) is 9.91. The van der Waals surface area contributed by atoms with Crippen LogP contribution in [0.1, 0.15) is 31.2 Å². The average Bonchev–Trinajstić information content (AvgIpc) is 2.89. The van der Waals surface area contributed by atoms with Crippen LogP contribution in [-0.4, -0.2) is 36.9 Å². The van der Waals surface area contributed by atoms with Crippen molar-refractivity contribution in [3.05, 3.63) is 72.3 Å². The standard InChI is InChI=1S/C27H29N3O3/c1-33-24-14-8-7-13-23(24)29-25(31)21-11-5-6-12-22(21)26(32)30-17-15-27(19-28,16-18-30)20-9-3-2-4-10-20/h2-10,13-14,21-22H,11-12,15-18H2,1H3,(H,29,31). The molecule has 2 amide bonds. The van der Waals surface area contributed by atoms with Gasteiger partial charge in [-0.1, -0.05) is 54.6 Å². The van der Waals surface area contributed by atoms with Gasteiger partial charge >= 0.3 is 0 Å². The lowest BCUT2D eigenvalue weighted by atomic mass is 9.73. The van der Waals surface area contributed by atoms with E-state index in [1.807, 2.05) is 59.5 Å². The molecule has 1 fully saturated rings. The van der Waals surface area contributed by atoms with Gasteiger partial charge in [0, 0.05) is 13.1 Å². The number of methoxy groups -OCH3 is 1. The van der Waals surface area contributed by atoms with Gasteiger partial charge in [-0.2, -0.15) is 5.26 Å². The Morgan fingerprint density at radius 1 is 1.00 bits per heavy atom. The van der Waals surface area contributed by atoms with Crippen LogP contribution >= 0.6 is 0 Å². The molecule has 6 heteroatoms. The minimum atomic E-state index is -0.564. The summed E-state index contributed by atoms with van der Waals surface area (Å²) < 4.78 is 5.34. The zero-order chi connectivity index (χ0) is 23.3. The maximum absolute atomic E-state index is 13.5. The number of amides is 2. The molecule has 1 aliphatic carbocycles. The third kappa shape index (κ3) is 4.63. The van der Waals surface area contributed by atoms with Crippen LogP contribution in [0.4, 0.5) is 5.69 Å². The van der Waals surface area contributed by atoms with E-state index in [9.17, 15) is 14.9 Å². The number of nitriles is 1. The number of anilines is 1. The van der Waals surface area contributed by atoms with Gasteiger partial charge in [0.25, 0.3) is 0 Å². The highest BCUT2D eigenvalue weighted by molar-refractivity contribution is 5.97. The molecular weight excluding hydrogens is 414 g/mol. The Labute approximate surface area is 194 Å². The molecule has 2 aliphatic rings. The second-order valence-corrected chi connectivity index (χ2v) is 8.73. The van der Waals surface area contributed by atoms with E-state index in [0.29, 0.717) is 50.2 Å². The Morgan fingerprint density at radius 3 is 2.30 bits per heavy atom. The first-order valence-electron chi connectivity index (χ1n) is 11.4. The van der Waals surface area contributed by atoms with E-state index in [0.717, 1.165) is 5.56 Å². The summed E-state index contributed by atoms with van der Waals surface area (Å²) in [4.78, 5) is 28.5. The number of allylic oxidation sites excluding steroid dienone is 2. The number of piperidine rings is 1. The van der Waals surface area contributed by atoms with Gasteiger partial charge in [0.2, 0.25) is 11.8 Å². The van der Waals surface area contributed by atoms with Crippen molar-refractivity contribution in [3.8, 4) is 11.8 Å². The predicted molar refractivity (Wildman–Crippen MR) is 127 cm³/mol. The van der Waals surface area contributed by atoms with Crippen LogP contribution in [0, 0.1) is 23.2 Å². The maximum Gasteiger partial charge on any atom is 0.228 e. The van der Waals surface area contributed by atoms with Crippen LogP contribution in [0.25, 0.3) is 0 Å². The summed E-state index contributed by atoms with van der Waals surface area (Å²) in [5, 5.41) is 12.9. The Kier molecular flexibility index (Phi) is 6.79. The number of nitrogens with one attached hydrogen (secondary N) is 1. The molecule has 2 aromatic rings. The van der Waals surface area contributed by atoms with Crippen molar-refractivity contribution in [3.63, 3.8) is 0 Å². The lowest BCUT2D eigenvalue weighted by Crippen LogP contribution is -2.49. The van der Waals surface area contributed by atoms with E-state index in [1.54, 1.807) is 19.2 Å². The van der Waals surface area contributed by atoms with Gasteiger partial charge in [0.05, 0.1) is 36.1 Å². The number of para-hydroxylation sites is 2. The zero-order valence-corrected chi connectivity index (χ0v) is 18.9. The molecule has 33 heavy (non-hydrogen) atoms. The quantitative estimate of drug-likeness (QED) is 0.699. The summed E-state index contributed by atoms with van der Waals surface area (Å²) in [6, 6.07) is 19.6. The number of ether oxygens (including phenoxy) is 1. The van der Waals surface area contributed by atoms with Gasteiger partial charge in [0.1, 0.15) is 5.75 Å². The molecule has 2 unspecified atom stereocenters. The molecule has 6 nitrogen and oxygen atoms in total. The van der Waals surface area contributed by atoms with E-state index >= 15 is 0 Å². The molecule has 1 N–H and O–H groups in total. The first kappa shape index (κ1) is 22.6. The molecule has 170 valence electrons. The molecule has 4 rings (SSSR count). The Balaban J connectivity index is 1.45. The molecule has 0 bridgehead atoms. The van der Waals surface area contributed by atoms with E-state index in [4.69, 9.17) is 4.74 Å². The lowest BCUT2D eigenvalue weighted by molar-refractivity contribution is -0.142. The molecule has 1 heterocycles. The van der Waals surface area contributed by atoms with Crippen molar-refractivity contribution in [1.29, 1.82) is 5.26 Å². The highest BCUT2D eigenvalue weighted by Crippen LogP contribution is 2.37. The highest BCUT2D eigenvalue weighted by atomic mass is 16.5. The Hall–Kier alpha value is -3.59. The third-order valence-corrected chi connectivity index (χ3v) is 6.92. The van der Waals surface area contributed by atoms with Gasteiger partial charge in [-0.15, -0.1) is 0 Å². The van der Waals surface area contributed by atoms with E-state index in [-0.39, 0.29) is 11.8 Å². The van der Waals surface area contributed by atoms with Crippen molar-refractivity contribution < 1.29 is 14.3 Å².